The summed E-state index contributed by atoms with van der Waals surface area (Å²) in [5, 5.41) is 7.12. The number of piperidine rings is 1. The summed E-state index contributed by atoms with van der Waals surface area (Å²) < 4.78 is 0. The summed E-state index contributed by atoms with van der Waals surface area (Å²) in [7, 11) is 0. The van der Waals surface area contributed by atoms with Crippen LogP contribution in [0.15, 0.2) is 24.3 Å². The van der Waals surface area contributed by atoms with E-state index >= 15 is 0 Å². The molecule has 1 aromatic carbocycles. The minimum Gasteiger partial charge on any atom is -0.383 e. The van der Waals surface area contributed by atoms with E-state index in [-0.39, 0.29) is 0 Å². The minimum atomic E-state index is 0.827. The monoisotopic (exact) mass is 259 g/mol. The Morgan fingerprint density at radius 3 is 2.63 bits per heavy atom. The van der Waals surface area contributed by atoms with Crippen molar-refractivity contribution in [1.29, 1.82) is 0 Å². The second kappa shape index (κ2) is 6.29. The van der Waals surface area contributed by atoms with Gasteiger partial charge in [-0.05, 0) is 56.8 Å². The molecular formula is C16H25N3. The Kier molecular flexibility index (Phi) is 4.23. The minimum absolute atomic E-state index is 0.827. The molecule has 3 rings (SSSR count). The van der Waals surface area contributed by atoms with Crippen LogP contribution < -0.4 is 15.5 Å². The van der Waals surface area contributed by atoms with Gasteiger partial charge in [-0.3, -0.25) is 0 Å². The van der Waals surface area contributed by atoms with Gasteiger partial charge in [0.25, 0.3) is 0 Å². The highest BCUT2D eigenvalue weighted by Gasteiger charge is 2.17. The number of nitrogens with zero attached hydrogens (tertiary/aromatic N) is 1. The predicted octanol–water partition coefficient (Wildman–Crippen LogP) is 2.70. The van der Waals surface area contributed by atoms with Crippen molar-refractivity contribution in [3.63, 3.8) is 0 Å². The zero-order chi connectivity index (χ0) is 12.9. The molecule has 2 N–H and O–H groups in total. The summed E-state index contributed by atoms with van der Waals surface area (Å²) in [5.41, 5.74) is 2.72. The first-order valence-electron chi connectivity index (χ1n) is 7.72. The molecule has 3 nitrogen and oxygen atoms in total. The summed E-state index contributed by atoms with van der Waals surface area (Å²) in [5.74, 6) is 0.827. The number of anilines is 2. The van der Waals surface area contributed by atoms with E-state index in [9.17, 15) is 0 Å². The maximum absolute atomic E-state index is 3.69. The molecule has 2 saturated heterocycles. The molecule has 2 aliphatic rings. The van der Waals surface area contributed by atoms with Gasteiger partial charge in [0.15, 0.2) is 0 Å². The Bertz CT molecular complexity index is 393. The zero-order valence-electron chi connectivity index (χ0n) is 11.7. The van der Waals surface area contributed by atoms with Gasteiger partial charge in [-0.15, -0.1) is 0 Å². The number of nitrogens with one attached hydrogen (secondary N) is 2. The number of rotatable bonds is 4. The SMILES string of the molecule is c1ccc(N2CCCC2)c(NCC2CCNCC2)c1. The Morgan fingerprint density at radius 2 is 1.84 bits per heavy atom. The van der Waals surface area contributed by atoms with Crippen molar-refractivity contribution in [3.05, 3.63) is 24.3 Å². The first-order chi connectivity index (χ1) is 9.43. The molecule has 0 unspecified atom stereocenters. The van der Waals surface area contributed by atoms with Gasteiger partial charge in [0, 0.05) is 19.6 Å². The fourth-order valence-corrected chi connectivity index (χ4v) is 3.20. The number of hydrogen-bond acceptors (Lipinski definition) is 3. The molecule has 0 bridgehead atoms. The summed E-state index contributed by atoms with van der Waals surface area (Å²) in [4.78, 5) is 2.52. The van der Waals surface area contributed by atoms with Crippen molar-refractivity contribution >= 4 is 11.4 Å². The van der Waals surface area contributed by atoms with Gasteiger partial charge in [-0.2, -0.15) is 0 Å². The van der Waals surface area contributed by atoms with Gasteiger partial charge in [0.1, 0.15) is 0 Å². The molecule has 0 radical (unpaired) electrons. The summed E-state index contributed by atoms with van der Waals surface area (Å²) in [6, 6.07) is 8.79. The Balaban J connectivity index is 1.62. The fourth-order valence-electron chi connectivity index (χ4n) is 3.20. The van der Waals surface area contributed by atoms with Crippen molar-refractivity contribution in [3.8, 4) is 0 Å². The summed E-state index contributed by atoms with van der Waals surface area (Å²) in [6.45, 7) is 5.91. The highest BCUT2D eigenvalue weighted by molar-refractivity contribution is 5.70. The van der Waals surface area contributed by atoms with Crippen molar-refractivity contribution < 1.29 is 0 Å². The van der Waals surface area contributed by atoms with Gasteiger partial charge in [-0.25, -0.2) is 0 Å². The Labute approximate surface area is 116 Å². The van der Waals surface area contributed by atoms with Crippen LogP contribution in [0.3, 0.4) is 0 Å². The van der Waals surface area contributed by atoms with Gasteiger partial charge in [-0.1, -0.05) is 12.1 Å². The number of benzene rings is 1. The lowest BCUT2D eigenvalue weighted by Crippen LogP contribution is -2.31. The van der Waals surface area contributed by atoms with Gasteiger partial charge in [0.2, 0.25) is 0 Å². The molecule has 19 heavy (non-hydrogen) atoms. The van der Waals surface area contributed by atoms with E-state index in [2.05, 4.69) is 39.8 Å². The van der Waals surface area contributed by atoms with Gasteiger partial charge >= 0.3 is 0 Å². The molecule has 3 heteroatoms. The molecule has 104 valence electrons. The number of hydrogen-bond donors (Lipinski definition) is 2. The first kappa shape index (κ1) is 12.8. The summed E-state index contributed by atoms with van der Waals surface area (Å²) >= 11 is 0. The van der Waals surface area contributed by atoms with E-state index in [1.165, 1.54) is 63.2 Å². The third-order valence-electron chi connectivity index (χ3n) is 4.39. The Hall–Kier alpha value is -1.22. The second-order valence-electron chi connectivity index (χ2n) is 5.79. The third kappa shape index (κ3) is 3.21. The van der Waals surface area contributed by atoms with E-state index in [0.717, 1.165) is 12.5 Å². The maximum atomic E-state index is 3.69. The molecule has 0 atom stereocenters. The second-order valence-corrected chi connectivity index (χ2v) is 5.79. The van der Waals surface area contributed by atoms with Crippen LogP contribution in [-0.4, -0.2) is 32.7 Å². The molecule has 2 aliphatic heterocycles. The molecule has 0 spiro atoms. The van der Waals surface area contributed by atoms with E-state index in [1.54, 1.807) is 0 Å². The molecule has 1 aromatic rings. The van der Waals surface area contributed by atoms with Crippen molar-refractivity contribution in [2.45, 2.75) is 25.7 Å². The van der Waals surface area contributed by atoms with Crippen LogP contribution in [0.25, 0.3) is 0 Å². The van der Waals surface area contributed by atoms with Crippen LogP contribution in [0.5, 0.6) is 0 Å². The molecule has 0 amide bonds. The predicted molar refractivity (Wildman–Crippen MR) is 82.0 cm³/mol. The van der Waals surface area contributed by atoms with Crippen LogP contribution in [-0.2, 0) is 0 Å². The average Bonchev–Trinajstić information content (AvgIpc) is 3.01. The molecule has 2 heterocycles. The lowest BCUT2D eigenvalue weighted by Gasteiger charge is -2.26. The van der Waals surface area contributed by atoms with E-state index in [0.29, 0.717) is 0 Å². The van der Waals surface area contributed by atoms with Gasteiger partial charge in [0.05, 0.1) is 11.4 Å². The molecule has 0 aliphatic carbocycles. The van der Waals surface area contributed by atoms with Crippen LogP contribution in [0.4, 0.5) is 11.4 Å². The van der Waals surface area contributed by atoms with Crippen LogP contribution in [0.1, 0.15) is 25.7 Å². The van der Waals surface area contributed by atoms with Crippen molar-refractivity contribution in [2.75, 3.05) is 42.9 Å². The van der Waals surface area contributed by atoms with E-state index < -0.39 is 0 Å². The van der Waals surface area contributed by atoms with Gasteiger partial charge < -0.3 is 15.5 Å². The molecule has 0 aromatic heterocycles. The van der Waals surface area contributed by atoms with Crippen LogP contribution >= 0.6 is 0 Å². The highest BCUT2D eigenvalue weighted by Crippen LogP contribution is 2.29. The fraction of sp³-hybridized carbons (Fsp3) is 0.625. The van der Waals surface area contributed by atoms with E-state index in [1.807, 2.05) is 0 Å². The van der Waals surface area contributed by atoms with Crippen molar-refractivity contribution in [2.24, 2.45) is 5.92 Å². The normalized spacial score (nSPS) is 20.7. The molecular weight excluding hydrogens is 234 g/mol. The maximum Gasteiger partial charge on any atom is 0.0602 e. The average molecular weight is 259 g/mol. The summed E-state index contributed by atoms with van der Waals surface area (Å²) in [6.07, 6.45) is 5.28. The lowest BCUT2D eigenvalue weighted by molar-refractivity contribution is 0.390. The largest absolute Gasteiger partial charge is 0.383 e. The lowest BCUT2D eigenvalue weighted by atomic mass is 9.98. The zero-order valence-corrected chi connectivity index (χ0v) is 11.7. The third-order valence-corrected chi connectivity index (χ3v) is 4.39. The topological polar surface area (TPSA) is 27.3 Å². The number of para-hydroxylation sites is 2. The molecule has 2 fully saturated rings. The smallest absolute Gasteiger partial charge is 0.0602 e. The quantitative estimate of drug-likeness (QED) is 0.870. The molecule has 0 saturated carbocycles. The highest BCUT2D eigenvalue weighted by atomic mass is 15.2. The standard InChI is InChI=1S/C16H25N3/c1-2-6-16(19-11-3-4-12-19)15(5-1)18-13-14-7-9-17-10-8-14/h1-2,5-6,14,17-18H,3-4,7-13H2. The van der Waals surface area contributed by atoms with E-state index in [4.69, 9.17) is 0 Å². The van der Waals surface area contributed by atoms with Crippen LogP contribution in [0.2, 0.25) is 0 Å². The first-order valence-corrected chi connectivity index (χ1v) is 7.72. The van der Waals surface area contributed by atoms with Crippen molar-refractivity contribution in [1.82, 2.24) is 5.32 Å². The van der Waals surface area contributed by atoms with Crippen LogP contribution in [0, 0.1) is 5.92 Å². The Morgan fingerprint density at radius 1 is 1.11 bits per heavy atom.